The van der Waals surface area contributed by atoms with Gasteiger partial charge in [-0.1, -0.05) is 0 Å². The minimum absolute atomic E-state index is 0.0929. The molecule has 1 saturated heterocycles. The van der Waals surface area contributed by atoms with Crippen molar-refractivity contribution < 1.29 is 9.66 Å². The van der Waals surface area contributed by atoms with Gasteiger partial charge in [-0.3, -0.25) is 10.1 Å². The van der Waals surface area contributed by atoms with E-state index in [2.05, 4.69) is 9.97 Å². The van der Waals surface area contributed by atoms with Gasteiger partial charge in [-0.25, -0.2) is 9.97 Å². The second kappa shape index (κ2) is 4.40. The molecular weight excluding hydrogens is 212 g/mol. The Kier molecular flexibility index (Phi) is 2.95. The van der Waals surface area contributed by atoms with E-state index in [0.29, 0.717) is 25.7 Å². The van der Waals surface area contributed by atoms with Crippen molar-refractivity contribution in [3.63, 3.8) is 0 Å². The van der Waals surface area contributed by atoms with Crippen molar-refractivity contribution in [1.29, 1.82) is 0 Å². The molecule has 0 aliphatic carbocycles. The first-order valence-corrected chi connectivity index (χ1v) is 4.99. The van der Waals surface area contributed by atoms with Gasteiger partial charge < -0.3 is 9.64 Å². The Bertz CT molecular complexity index is 381. The fourth-order valence-corrected chi connectivity index (χ4v) is 1.58. The highest BCUT2D eigenvalue weighted by atomic mass is 16.6. The lowest BCUT2D eigenvalue weighted by Crippen LogP contribution is -2.44. The van der Waals surface area contributed by atoms with Gasteiger partial charge in [0.25, 0.3) is 0 Å². The zero-order valence-electron chi connectivity index (χ0n) is 8.87. The van der Waals surface area contributed by atoms with Gasteiger partial charge in [0.05, 0.1) is 24.2 Å². The lowest BCUT2D eigenvalue weighted by molar-refractivity contribution is -0.385. The Morgan fingerprint density at radius 1 is 1.56 bits per heavy atom. The lowest BCUT2D eigenvalue weighted by Gasteiger charge is -2.32. The van der Waals surface area contributed by atoms with Crippen LogP contribution in [0.3, 0.4) is 0 Å². The van der Waals surface area contributed by atoms with Gasteiger partial charge in [0.1, 0.15) is 12.4 Å². The maximum Gasteiger partial charge on any atom is 0.305 e. The van der Waals surface area contributed by atoms with Crippen molar-refractivity contribution in [3.05, 3.63) is 22.5 Å². The number of anilines is 1. The van der Waals surface area contributed by atoms with Crippen LogP contribution in [0.25, 0.3) is 0 Å². The van der Waals surface area contributed by atoms with Crippen LogP contribution in [-0.4, -0.2) is 40.7 Å². The van der Waals surface area contributed by atoms with E-state index in [-0.39, 0.29) is 11.7 Å². The van der Waals surface area contributed by atoms with Crippen molar-refractivity contribution in [1.82, 2.24) is 9.97 Å². The van der Waals surface area contributed by atoms with Gasteiger partial charge in [-0.15, -0.1) is 0 Å². The summed E-state index contributed by atoms with van der Waals surface area (Å²) in [6.45, 7) is 3.97. The average Bonchev–Trinajstić information content (AvgIpc) is 2.30. The first-order chi connectivity index (χ1) is 7.68. The molecule has 0 aromatic carbocycles. The molecule has 1 aliphatic heterocycles. The molecule has 0 spiro atoms. The Morgan fingerprint density at radius 3 is 2.81 bits per heavy atom. The van der Waals surface area contributed by atoms with Crippen LogP contribution in [0.1, 0.15) is 6.92 Å². The molecule has 1 fully saturated rings. The molecule has 1 aromatic rings. The van der Waals surface area contributed by atoms with Gasteiger partial charge in [0.2, 0.25) is 5.95 Å². The molecule has 1 aromatic heterocycles. The molecule has 1 aliphatic rings. The summed E-state index contributed by atoms with van der Waals surface area (Å²) in [5.41, 5.74) is -0.0929. The molecule has 0 saturated carbocycles. The number of nitro groups is 1. The fourth-order valence-electron chi connectivity index (χ4n) is 1.58. The van der Waals surface area contributed by atoms with Crippen LogP contribution in [0.4, 0.5) is 11.6 Å². The average molecular weight is 224 g/mol. The van der Waals surface area contributed by atoms with Gasteiger partial charge in [0.15, 0.2) is 0 Å². The predicted molar refractivity (Wildman–Crippen MR) is 56.3 cm³/mol. The third-order valence-electron chi connectivity index (χ3n) is 2.46. The van der Waals surface area contributed by atoms with E-state index < -0.39 is 4.92 Å². The van der Waals surface area contributed by atoms with Crippen LogP contribution in [0.15, 0.2) is 12.4 Å². The zero-order valence-corrected chi connectivity index (χ0v) is 8.87. The molecule has 1 atom stereocenters. The molecule has 0 N–H and O–H groups in total. The summed E-state index contributed by atoms with van der Waals surface area (Å²) in [5.74, 6) is 0.515. The maximum atomic E-state index is 10.4. The molecule has 0 radical (unpaired) electrons. The van der Waals surface area contributed by atoms with Crippen LogP contribution in [-0.2, 0) is 4.74 Å². The van der Waals surface area contributed by atoms with Crippen LogP contribution in [0.5, 0.6) is 0 Å². The SMILES string of the molecule is C[C@@H]1COCCN1c1ncc([N+](=O)[O-])cn1. The number of ether oxygens (including phenoxy) is 1. The summed E-state index contributed by atoms with van der Waals surface area (Å²) in [6, 6.07) is 0.190. The summed E-state index contributed by atoms with van der Waals surface area (Å²) in [4.78, 5) is 19.9. The van der Waals surface area contributed by atoms with Gasteiger partial charge in [-0.2, -0.15) is 0 Å². The molecule has 2 rings (SSSR count). The minimum Gasteiger partial charge on any atom is -0.377 e. The zero-order chi connectivity index (χ0) is 11.5. The highest BCUT2D eigenvalue weighted by Gasteiger charge is 2.21. The van der Waals surface area contributed by atoms with E-state index in [1.165, 1.54) is 12.4 Å². The van der Waals surface area contributed by atoms with Crippen LogP contribution >= 0.6 is 0 Å². The van der Waals surface area contributed by atoms with Crippen molar-refractivity contribution in [2.45, 2.75) is 13.0 Å². The van der Waals surface area contributed by atoms with Crippen LogP contribution in [0.2, 0.25) is 0 Å². The van der Waals surface area contributed by atoms with E-state index in [1.807, 2.05) is 11.8 Å². The maximum absolute atomic E-state index is 10.4. The number of hydrogen-bond acceptors (Lipinski definition) is 6. The Hall–Kier alpha value is -1.76. The van der Waals surface area contributed by atoms with Crippen LogP contribution in [0, 0.1) is 10.1 Å². The minimum atomic E-state index is -0.507. The van der Waals surface area contributed by atoms with Crippen molar-refractivity contribution in [3.8, 4) is 0 Å². The molecule has 0 unspecified atom stereocenters. The van der Waals surface area contributed by atoms with Crippen molar-refractivity contribution in [2.75, 3.05) is 24.7 Å². The standard InChI is InChI=1S/C9H12N4O3/c1-7-6-16-3-2-12(7)9-10-4-8(5-11-9)13(14)15/h4-5,7H,2-3,6H2,1H3/t7-/m1/s1. The molecule has 0 amide bonds. The van der Waals surface area contributed by atoms with Crippen LogP contribution < -0.4 is 4.90 Å². The molecule has 7 heteroatoms. The van der Waals surface area contributed by atoms with E-state index >= 15 is 0 Å². The van der Waals surface area contributed by atoms with E-state index in [9.17, 15) is 10.1 Å². The van der Waals surface area contributed by atoms with Gasteiger partial charge >= 0.3 is 5.69 Å². The third-order valence-corrected chi connectivity index (χ3v) is 2.46. The summed E-state index contributed by atoms with van der Waals surface area (Å²) in [6.07, 6.45) is 2.45. The number of morpholine rings is 1. The number of hydrogen-bond donors (Lipinski definition) is 0. The fraction of sp³-hybridized carbons (Fsp3) is 0.556. The molecule has 16 heavy (non-hydrogen) atoms. The molecule has 2 heterocycles. The highest BCUT2D eigenvalue weighted by molar-refractivity contribution is 5.35. The molecular formula is C9H12N4O3. The normalized spacial score (nSPS) is 20.8. The van der Waals surface area contributed by atoms with E-state index in [4.69, 9.17) is 4.74 Å². The highest BCUT2D eigenvalue weighted by Crippen LogP contribution is 2.16. The molecule has 86 valence electrons. The van der Waals surface area contributed by atoms with Crippen molar-refractivity contribution >= 4 is 11.6 Å². The molecule has 0 bridgehead atoms. The summed E-state index contributed by atoms with van der Waals surface area (Å²) in [5, 5.41) is 10.4. The summed E-state index contributed by atoms with van der Waals surface area (Å²) in [7, 11) is 0. The quantitative estimate of drug-likeness (QED) is 0.540. The molecule has 7 nitrogen and oxygen atoms in total. The second-order valence-corrected chi connectivity index (χ2v) is 3.62. The van der Waals surface area contributed by atoms with E-state index in [1.54, 1.807) is 0 Å². The topological polar surface area (TPSA) is 81.4 Å². The predicted octanol–water partition coefficient (Wildman–Crippen LogP) is 0.610. The van der Waals surface area contributed by atoms with Gasteiger partial charge in [-0.05, 0) is 6.92 Å². The Labute approximate surface area is 92.2 Å². The Balaban J connectivity index is 2.17. The number of nitrogens with zero attached hydrogens (tertiary/aromatic N) is 4. The Morgan fingerprint density at radius 2 is 2.25 bits per heavy atom. The first-order valence-electron chi connectivity index (χ1n) is 4.99. The largest absolute Gasteiger partial charge is 0.377 e. The number of aromatic nitrogens is 2. The van der Waals surface area contributed by atoms with Crippen molar-refractivity contribution in [2.24, 2.45) is 0 Å². The van der Waals surface area contributed by atoms with Gasteiger partial charge in [0, 0.05) is 6.54 Å². The first kappa shape index (κ1) is 10.7. The summed E-state index contributed by atoms with van der Waals surface area (Å²) >= 11 is 0. The smallest absolute Gasteiger partial charge is 0.305 e. The number of rotatable bonds is 2. The second-order valence-electron chi connectivity index (χ2n) is 3.62. The van der Waals surface area contributed by atoms with E-state index in [0.717, 1.165) is 0 Å². The monoisotopic (exact) mass is 224 g/mol. The third kappa shape index (κ3) is 2.08. The summed E-state index contributed by atoms with van der Waals surface area (Å²) < 4.78 is 5.29. The lowest BCUT2D eigenvalue weighted by atomic mass is 10.3.